The van der Waals surface area contributed by atoms with Crippen LogP contribution in [0.5, 0.6) is 0 Å². The van der Waals surface area contributed by atoms with E-state index in [4.69, 9.17) is 16.3 Å². The molecule has 136 valence electrons. The third kappa shape index (κ3) is 5.03. The molecular formula is C18H16ClFN2O4. The predicted molar refractivity (Wildman–Crippen MR) is 93.0 cm³/mol. The number of urea groups is 1. The Balaban J connectivity index is 2.19. The van der Waals surface area contributed by atoms with Crippen LogP contribution in [0.4, 0.5) is 9.18 Å². The van der Waals surface area contributed by atoms with Crippen molar-refractivity contribution in [1.29, 1.82) is 0 Å². The number of amides is 3. The first-order chi connectivity index (χ1) is 12.4. The Morgan fingerprint density at radius 2 is 1.81 bits per heavy atom. The summed E-state index contributed by atoms with van der Waals surface area (Å²) in [5.41, 5.74) is 0.333. The molecule has 0 aliphatic carbocycles. The second kappa shape index (κ2) is 8.96. The van der Waals surface area contributed by atoms with Crippen LogP contribution in [0.1, 0.15) is 17.2 Å². The summed E-state index contributed by atoms with van der Waals surface area (Å²) in [6, 6.07) is 11.4. The number of nitrogens with one attached hydrogen (secondary N) is 2. The minimum Gasteiger partial charge on any atom is -0.447 e. The first-order valence-corrected chi connectivity index (χ1v) is 8.00. The van der Waals surface area contributed by atoms with Crippen molar-refractivity contribution in [3.8, 4) is 0 Å². The van der Waals surface area contributed by atoms with Crippen LogP contribution >= 0.6 is 11.6 Å². The van der Waals surface area contributed by atoms with E-state index in [9.17, 15) is 18.8 Å². The molecule has 0 radical (unpaired) electrons. The number of rotatable bonds is 5. The molecule has 2 aromatic carbocycles. The molecule has 2 N–H and O–H groups in total. The van der Waals surface area contributed by atoms with Crippen LogP contribution in [0.2, 0.25) is 5.02 Å². The van der Waals surface area contributed by atoms with Crippen molar-refractivity contribution in [2.45, 2.75) is 12.5 Å². The van der Waals surface area contributed by atoms with E-state index in [1.807, 2.05) is 0 Å². The maximum absolute atomic E-state index is 13.8. The van der Waals surface area contributed by atoms with Gasteiger partial charge in [-0.2, -0.15) is 0 Å². The smallest absolute Gasteiger partial charge is 0.321 e. The fourth-order valence-corrected chi connectivity index (χ4v) is 2.39. The molecule has 0 saturated carbocycles. The third-order valence-corrected chi connectivity index (χ3v) is 3.79. The average Bonchev–Trinajstić information content (AvgIpc) is 2.63. The summed E-state index contributed by atoms with van der Waals surface area (Å²) in [5, 5.41) is 4.36. The highest BCUT2D eigenvalue weighted by molar-refractivity contribution is 6.31. The van der Waals surface area contributed by atoms with Crippen LogP contribution in [-0.4, -0.2) is 25.0 Å². The Bertz CT molecular complexity index is 794. The zero-order chi connectivity index (χ0) is 19.1. The quantitative estimate of drug-likeness (QED) is 0.783. The number of hydrogen-bond acceptors (Lipinski definition) is 4. The molecule has 2 rings (SSSR count). The van der Waals surface area contributed by atoms with Crippen LogP contribution in [0.25, 0.3) is 0 Å². The molecule has 8 heteroatoms. The van der Waals surface area contributed by atoms with E-state index in [0.717, 1.165) is 0 Å². The largest absolute Gasteiger partial charge is 0.447 e. The minimum absolute atomic E-state index is 0.0299. The lowest BCUT2D eigenvalue weighted by molar-refractivity contribution is -0.155. The van der Waals surface area contributed by atoms with Gasteiger partial charge < -0.3 is 10.1 Å². The normalized spacial score (nSPS) is 11.3. The topological polar surface area (TPSA) is 84.5 Å². The summed E-state index contributed by atoms with van der Waals surface area (Å²) in [4.78, 5) is 35.9. The van der Waals surface area contributed by atoms with Gasteiger partial charge in [0.25, 0.3) is 5.91 Å². The maximum atomic E-state index is 13.8. The van der Waals surface area contributed by atoms with Gasteiger partial charge in [0, 0.05) is 23.2 Å². The summed E-state index contributed by atoms with van der Waals surface area (Å²) in [5.74, 6) is -2.35. The Hall–Kier alpha value is -2.93. The molecule has 1 unspecified atom stereocenters. The first-order valence-electron chi connectivity index (χ1n) is 7.62. The van der Waals surface area contributed by atoms with Gasteiger partial charge >= 0.3 is 12.0 Å². The molecule has 3 amide bonds. The van der Waals surface area contributed by atoms with Crippen LogP contribution in [0.3, 0.4) is 0 Å². The van der Waals surface area contributed by atoms with Gasteiger partial charge in [-0.3, -0.25) is 14.9 Å². The molecule has 2 aromatic rings. The monoisotopic (exact) mass is 378 g/mol. The highest BCUT2D eigenvalue weighted by Crippen LogP contribution is 2.22. The van der Waals surface area contributed by atoms with E-state index in [-0.39, 0.29) is 10.6 Å². The van der Waals surface area contributed by atoms with Gasteiger partial charge in [0.2, 0.25) is 6.10 Å². The second-order valence-electron chi connectivity index (χ2n) is 5.23. The van der Waals surface area contributed by atoms with Crippen molar-refractivity contribution in [3.05, 3.63) is 70.5 Å². The third-order valence-electron chi connectivity index (χ3n) is 3.44. The Morgan fingerprint density at radius 3 is 2.42 bits per heavy atom. The molecule has 0 saturated heterocycles. The Labute approximate surface area is 154 Å². The van der Waals surface area contributed by atoms with Gasteiger partial charge in [-0.15, -0.1) is 0 Å². The van der Waals surface area contributed by atoms with Crippen molar-refractivity contribution in [1.82, 2.24) is 10.6 Å². The summed E-state index contributed by atoms with van der Waals surface area (Å²) < 4.78 is 19.0. The molecule has 0 aliphatic heterocycles. The lowest BCUT2D eigenvalue weighted by Crippen LogP contribution is -2.41. The van der Waals surface area contributed by atoms with Gasteiger partial charge in [0.15, 0.2) is 0 Å². The first kappa shape index (κ1) is 19.4. The van der Waals surface area contributed by atoms with E-state index < -0.39 is 36.2 Å². The number of carbonyl (C=O) groups excluding carboxylic acids is 3. The molecule has 0 heterocycles. The number of esters is 1. The zero-order valence-corrected chi connectivity index (χ0v) is 14.5. The van der Waals surface area contributed by atoms with Crippen LogP contribution in [0, 0.1) is 5.82 Å². The predicted octanol–water partition coefficient (Wildman–Crippen LogP) is 2.76. The lowest BCUT2D eigenvalue weighted by atomic mass is 10.1. The molecule has 1 atom stereocenters. The fourth-order valence-electron chi connectivity index (χ4n) is 2.16. The molecule has 0 fully saturated rings. The van der Waals surface area contributed by atoms with Crippen LogP contribution in [0.15, 0.2) is 48.5 Å². The van der Waals surface area contributed by atoms with Crippen molar-refractivity contribution in [2.24, 2.45) is 0 Å². The number of hydrogen-bond donors (Lipinski definition) is 2. The number of carbonyl (C=O) groups is 3. The van der Waals surface area contributed by atoms with E-state index >= 15 is 0 Å². The Kier molecular flexibility index (Phi) is 6.68. The van der Waals surface area contributed by atoms with Gasteiger partial charge in [0.1, 0.15) is 5.82 Å². The number of benzene rings is 2. The summed E-state index contributed by atoms with van der Waals surface area (Å²) >= 11 is 5.90. The van der Waals surface area contributed by atoms with E-state index in [2.05, 4.69) is 10.6 Å². The zero-order valence-electron chi connectivity index (χ0n) is 13.8. The molecule has 26 heavy (non-hydrogen) atoms. The van der Waals surface area contributed by atoms with Gasteiger partial charge in [-0.1, -0.05) is 48.0 Å². The molecular weight excluding hydrogens is 363 g/mol. The highest BCUT2D eigenvalue weighted by Gasteiger charge is 2.27. The molecule has 6 nitrogen and oxygen atoms in total. The van der Waals surface area contributed by atoms with Crippen molar-refractivity contribution in [3.63, 3.8) is 0 Å². The maximum Gasteiger partial charge on any atom is 0.321 e. The lowest BCUT2D eigenvalue weighted by Gasteiger charge is -2.18. The van der Waals surface area contributed by atoms with E-state index in [0.29, 0.717) is 5.56 Å². The number of halogens is 2. The summed E-state index contributed by atoms with van der Waals surface area (Å²) in [6.45, 7) is 0. The average molecular weight is 379 g/mol. The molecule has 0 bridgehead atoms. The van der Waals surface area contributed by atoms with Crippen molar-refractivity contribution >= 4 is 29.5 Å². The number of imide groups is 1. The molecule has 0 aromatic heterocycles. The SMILES string of the molecule is CNC(=O)NC(=O)C(OC(=O)Cc1c(F)cccc1Cl)c1ccccc1. The van der Waals surface area contributed by atoms with Gasteiger partial charge in [-0.25, -0.2) is 9.18 Å². The highest BCUT2D eigenvalue weighted by atomic mass is 35.5. The molecule has 0 spiro atoms. The second-order valence-corrected chi connectivity index (χ2v) is 5.63. The summed E-state index contributed by atoms with van der Waals surface area (Å²) in [7, 11) is 1.34. The Morgan fingerprint density at radius 1 is 1.12 bits per heavy atom. The summed E-state index contributed by atoms with van der Waals surface area (Å²) in [6.07, 6.45) is -1.83. The van der Waals surface area contributed by atoms with Crippen LogP contribution in [-0.2, 0) is 20.7 Å². The van der Waals surface area contributed by atoms with Gasteiger partial charge in [-0.05, 0) is 12.1 Å². The van der Waals surface area contributed by atoms with Gasteiger partial charge in [0.05, 0.1) is 6.42 Å². The standard InChI is InChI=1S/C18H16ClFN2O4/c1-21-18(25)22-17(24)16(11-6-3-2-4-7-11)26-15(23)10-12-13(19)8-5-9-14(12)20/h2-9,16H,10H2,1H3,(H2,21,22,24,25). The van der Waals surface area contributed by atoms with Crippen molar-refractivity contribution < 1.29 is 23.5 Å². The van der Waals surface area contributed by atoms with E-state index in [1.54, 1.807) is 30.3 Å². The van der Waals surface area contributed by atoms with E-state index in [1.165, 1.54) is 25.2 Å². The van der Waals surface area contributed by atoms with Crippen LogP contribution < -0.4 is 10.6 Å². The van der Waals surface area contributed by atoms with Crippen molar-refractivity contribution in [2.75, 3.05) is 7.05 Å². The molecule has 0 aliphatic rings. The number of ether oxygens (including phenoxy) is 1. The minimum atomic E-state index is -1.37. The fraction of sp³-hybridized carbons (Fsp3) is 0.167.